The highest BCUT2D eigenvalue weighted by atomic mass is 16.5. The summed E-state index contributed by atoms with van der Waals surface area (Å²) in [4.78, 5) is 12.9. The molecule has 4 heteroatoms. The normalized spacial score (nSPS) is 36.2. The van der Waals surface area contributed by atoms with Crippen molar-refractivity contribution in [3.8, 4) is 0 Å². The summed E-state index contributed by atoms with van der Waals surface area (Å²) < 4.78 is 11.2. The molecule has 0 amide bonds. The van der Waals surface area contributed by atoms with Crippen molar-refractivity contribution in [1.82, 2.24) is 5.32 Å². The molecule has 3 fully saturated rings. The van der Waals surface area contributed by atoms with Gasteiger partial charge in [-0.3, -0.25) is 4.79 Å². The van der Waals surface area contributed by atoms with Gasteiger partial charge in [0.2, 0.25) is 0 Å². The number of nitrogens with one attached hydrogen (secondary N) is 1. The van der Waals surface area contributed by atoms with Crippen molar-refractivity contribution in [2.24, 2.45) is 17.8 Å². The Labute approximate surface area is 156 Å². The van der Waals surface area contributed by atoms with Crippen molar-refractivity contribution in [1.29, 1.82) is 0 Å². The van der Waals surface area contributed by atoms with Crippen molar-refractivity contribution < 1.29 is 14.3 Å². The van der Waals surface area contributed by atoms with Gasteiger partial charge in [-0.25, -0.2) is 0 Å². The van der Waals surface area contributed by atoms with Gasteiger partial charge in [0.15, 0.2) is 0 Å². The predicted octanol–water partition coefficient (Wildman–Crippen LogP) is 3.69. The number of rotatable bonds is 6. The lowest BCUT2D eigenvalue weighted by molar-refractivity contribution is -0.153. The molecule has 3 aliphatic carbocycles. The molecule has 4 unspecified atom stereocenters. The molecule has 26 heavy (non-hydrogen) atoms. The molecule has 142 valence electrons. The van der Waals surface area contributed by atoms with E-state index in [1.54, 1.807) is 0 Å². The Morgan fingerprint density at radius 3 is 2.50 bits per heavy atom. The quantitative estimate of drug-likeness (QED) is 0.789. The van der Waals surface area contributed by atoms with Crippen LogP contribution in [0.3, 0.4) is 0 Å². The van der Waals surface area contributed by atoms with Crippen molar-refractivity contribution in [2.75, 3.05) is 7.11 Å². The van der Waals surface area contributed by atoms with Crippen molar-refractivity contribution in [3.05, 3.63) is 35.9 Å². The van der Waals surface area contributed by atoms with Crippen LogP contribution in [0.5, 0.6) is 0 Å². The Hall–Kier alpha value is -1.39. The number of fused-ring (bicyclic) bond motifs is 2. The molecule has 4 nitrogen and oxygen atoms in total. The summed E-state index contributed by atoms with van der Waals surface area (Å²) in [5.41, 5.74) is 1.06. The molecular formula is C22H31NO3. The van der Waals surface area contributed by atoms with Crippen LogP contribution in [0.15, 0.2) is 30.3 Å². The average molecular weight is 357 g/mol. The zero-order valence-electron chi connectivity index (χ0n) is 15.7. The van der Waals surface area contributed by atoms with Crippen LogP contribution in [0.4, 0.5) is 0 Å². The molecule has 1 aromatic rings. The van der Waals surface area contributed by atoms with E-state index in [9.17, 15) is 4.79 Å². The highest BCUT2D eigenvalue weighted by Gasteiger charge is 2.52. The molecule has 4 rings (SSSR count). The van der Waals surface area contributed by atoms with Crippen LogP contribution in [0.2, 0.25) is 0 Å². The van der Waals surface area contributed by atoms with E-state index in [0.717, 1.165) is 31.2 Å². The Morgan fingerprint density at radius 2 is 1.77 bits per heavy atom. The third kappa shape index (κ3) is 3.81. The number of carbonyl (C=O) groups excluding carboxylic acids is 1. The maximum absolute atomic E-state index is 12.9. The minimum absolute atomic E-state index is 0.00382. The highest BCUT2D eigenvalue weighted by Crippen LogP contribution is 2.49. The van der Waals surface area contributed by atoms with E-state index in [0.29, 0.717) is 36.6 Å². The largest absolute Gasteiger partial charge is 0.461 e. The zero-order valence-corrected chi connectivity index (χ0v) is 15.7. The number of ether oxygens (including phenoxy) is 2. The fraction of sp³-hybridized carbons (Fsp3) is 0.682. The van der Waals surface area contributed by atoms with E-state index in [2.05, 4.69) is 5.32 Å². The maximum atomic E-state index is 12.9. The molecular weight excluding hydrogens is 326 g/mol. The summed E-state index contributed by atoms with van der Waals surface area (Å²) in [6, 6.07) is 10.8. The Kier molecular flexibility index (Phi) is 5.60. The second-order valence-electron chi connectivity index (χ2n) is 8.35. The first-order valence-corrected chi connectivity index (χ1v) is 10.2. The van der Waals surface area contributed by atoms with Gasteiger partial charge in [-0.1, -0.05) is 30.3 Å². The first kappa shape index (κ1) is 18.0. The van der Waals surface area contributed by atoms with E-state index in [1.165, 1.54) is 19.3 Å². The maximum Gasteiger partial charge on any atom is 0.311 e. The fourth-order valence-corrected chi connectivity index (χ4v) is 5.43. The van der Waals surface area contributed by atoms with Crippen LogP contribution in [0, 0.1) is 17.8 Å². The molecule has 0 aromatic heterocycles. The molecule has 1 aromatic carbocycles. The lowest BCUT2D eigenvalue weighted by atomic mass is 9.82. The molecule has 0 radical (unpaired) electrons. The van der Waals surface area contributed by atoms with Gasteiger partial charge >= 0.3 is 5.97 Å². The first-order chi connectivity index (χ1) is 12.7. The molecule has 0 heterocycles. The van der Waals surface area contributed by atoms with Crippen LogP contribution in [-0.4, -0.2) is 31.3 Å². The minimum Gasteiger partial charge on any atom is -0.461 e. The third-order valence-corrected chi connectivity index (χ3v) is 6.85. The van der Waals surface area contributed by atoms with Gasteiger partial charge in [-0.2, -0.15) is 0 Å². The zero-order chi connectivity index (χ0) is 17.9. The minimum atomic E-state index is 0.00382. The van der Waals surface area contributed by atoms with Crippen molar-refractivity contribution >= 4 is 5.97 Å². The highest BCUT2D eigenvalue weighted by molar-refractivity contribution is 5.74. The van der Waals surface area contributed by atoms with Gasteiger partial charge in [0.1, 0.15) is 6.61 Å². The van der Waals surface area contributed by atoms with Gasteiger partial charge in [0.25, 0.3) is 0 Å². The Bertz CT molecular complexity index is 597. The average Bonchev–Trinajstić information content (AvgIpc) is 3.29. The van der Waals surface area contributed by atoms with Gasteiger partial charge < -0.3 is 14.8 Å². The molecule has 0 saturated heterocycles. The van der Waals surface area contributed by atoms with Gasteiger partial charge in [0.05, 0.1) is 12.0 Å². The summed E-state index contributed by atoms with van der Waals surface area (Å²) in [5, 5.41) is 3.87. The van der Waals surface area contributed by atoms with Crippen LogP contribution in [0.25, 0.3) is 0 Å². The number of esters is 1. The van der Waals surface area contributed by atoms with E-state index in [1.807, 2.05) is 37.4 Å². The van der Waals surface area contributed by atoms with Crippen LogP contribution in [0.1, 0.15) is 50.5 Å². The number of methoxy groups -OCH3 is 1. The number of carbonyl (C=O) groups is 1. The van der Waals surface area contributed by atoms with E-state index < -0.39 is 0 Å². The summed E-state index contributed by atoms with van der Waals surface area (Å²) >= 11 is 0. The second-order valence-corrected chi connectivity index (χ2v) is 8.35. The Balaban J connectivity index is 1.35. The monoisotopic (exact) mass is 357 g/mol. The summed E-state index contributed by atoms with van der Waals surface area (Å²) in [5.74, 6) is 1.20. The molecule has 1 N–H and O–H groups in total. The van der Waals surface area contributed by atoms with E-state index in [-0.39, 0.29) is 11.9 Å². The molecule has 3 aliphatic rings. The number of benzene rings is 1. The second kappa shape index (κ2) is 8.10. The molecule has 0 spiro atoms. The summed E-state index contributed by atoms with van der Waals surface area (Å²) in [7, 11) is 1.81. The van der Waals surface area contributed by atoms with Gasteiger partial charge in [0, 0.05) is 19.2 Å². The fourth-order valence-electron chi connectivity index (χ4n) is 5.43. The Morgan fingerprint density at radius 1 is 1.04 bits per heavy atom. The SMILES string of the molecule is COC1CCC(NC2C3CCC(C3)C2C(=O)OCc2ccccc2)CC1. The van der Waals surface area contributed by atoms with E-state index in [4.69, 9.17) is 9.47 Å². The standard InChI is InChI=1S/C22H31NO3/c1-25-19-11-9-18(10-12-19)23-21-17-8-7-16(13-17)20(21)22(24)26-14-15-5-3-2-4-6-15/h2-6,16-21,23H,7-14H2,1H3. The number of hydrogen-bond donors (Lipinski definition) is 1. The molecule has 4 atom stereocenters. The van der Waals surface area contributed by atoms with Crippen molar-refractivity contribution in [3.63, 3.8) is 0 Å². The molecule has 3 saturated carbocycles. The van der Waals surface area contributed by atoms with Crippen LogP contribution >= 0.6 is 0 Å². The van der Waals surface area contributed by atoms with E-state index >= 15 is 0 Å². The molecule has 0 aliphatic heterocycles. The van der Waals surface area contributed by atoms with Gasteiger partial charge in [-0.15, -0.1) is 0 Å². The van der Waals surface area contributed by atoms with Crippen molar-refractivity contribution in [2.45, 2.75) is 69.7 Å². The van der Waals surface area contributed by atoms with Crippen LogP contribution < -0.4 is 5.32 Å². The van der Waals surface area contributed by atoms with Gasteiger partial charge in [-0.05, 0) is 62.3 Å². The number of hydrogen-bond acceptors (Lipinski definition) is 4. The smallest absolute Gasteiger partial charge is 0.311 e. The summed E-state index contributed by atoms with van der Waals surface area (Å²) in [6.45, 7) is 0.388. The third-order valence-electron chi connectivity index (χ3n) is 6.85. The predicted molar refractivity (Wildman–Crippen MR) is 101 cm³/mol. The lowest BCUT2D eigenvalue weighted by Gasteiger charge is -2.36. The lowest BCUT2D eigenvalue weighted by Crippen LogP contribution is -2.50. The molecule has 2 bridgehead atoms. The topological polar surface area (TPSA) is 47.6 Å². The summed E-state index contributed by atoms with van der Waals surface area (Å²) in [6.07, 6.45) is 8.60. The first-order valence-electron chi connectivity index (χ1n) is 10.2. The van der Waals surface area contributed by atoms with Crippen LogP contribution in [-0.2, 0) is 20.9 Å².